The Labute approximate surface area is 159 Å². The summed E-state index contributed by atoms with van der Waals surface area (Å²) in [7, 11) is 0. The molecule has 1 aromatic heterocycles. The standard InChI is InChI=1S/C20H15N3O3S/c1-12-21-22-20(27-12)23-16(13-8-4-2-5-9-13)15(18(25)19(23)26)17(24)14-10-6-3-7-11-14/h2-11,16,24H,1H3/t16-/m1/s1. The van der Waals surface area contributed by atoms with Crippen LogP contribution in [0.3, 0.4) is 0 Å². The van der Waals surface area contributed by atoms with Crippen molar-refractivity contribution in [2.24, 2.45) is 0 Å². The molecule has 0 spiro atoms. The van der Waals surface area contributed by atoms with Gasteiger partial charge in [-0.2, -0.15) is 0 Å². The van der Waals surface area contributed by atoms with Crippen LogP contribution in [0.5, 0.6) is 0 Å². The van der Waals surface area contributed by atoms with Crippen molar-refractivity contribution in [3.05, 3.63) is 82.4 Å². The zero-order chi connectivity index (χ0) is 19.0. The van der Waals surface area contributed by atoms with Gasteiger partial charge in [-0.05, 0) is 12.5 Å². The van der Waals surface area contributed by atoms with Crippen LogP contribution < -0.4 is 4.90 Å². The van der Waals surface area contributed by atoms with E-state index in [0.717, 1.165) is 0 Å². The Kier molecular flexibility index (Phi) is 4.29. The number of carbonyl (C=O) groups excluding carboxylic acids is 2. The fraction of sp³-hybridized carbons (Fsp3) is 0.100. The third-order valence-electron chi connectivity index (χ3n) is 4.33. The summed E-state index contributed by atoms with van der Waals surface area (Å²) in [5, 5.41) is 19.9. The molecule has 1 saturated heterocycles. The van der Waals surface area contributed by atoms with Crippen molar-refractivity contribution in [2.45, 2.75) is 13.0 Å². The fourth-order valence-electron chi connectivity index (χ4n) is 3.12. The Hall–Kier alpha value is -3.32. The van der Waals surface area contributed by atoms with Crippen molar-refractivity contribution < 1.29 is 14.7 Å². The minimum Gasteiger partial charge on any atom is -0.507 e. The van der Waals surface area contributed by atoms with Crippen LogP contribution in [0.1, 0.15) is 22.2 Å². The van der Waals surface area contributed by atoms with E-state index in [4.69, 9.17) is 0 Å². The van der Waals surface area contributed by atoms with Crippen molar-refractivity contribution >= 4 is 33.9 Å². The van der Waals surface area contributed by atoms with E-state index in [9.17, 15) is 14.7 Å². The third-order valence-corrected chi connectivity index (χ3v) is 5.17. The van der Waals surface area contributed by atoms with Crippen LogP contribution in [-0.2, 0) is 9.59 Å². The number of rotatable bonds is 3. The van der Waals surface area contributed by atoms with Gasteiger partial charge in [-0.1, -0.05) is 72.0 Å². The van der Waals surface area contributed by atoms with Crippen molar-refractivity contribution in [1.29, 1.82) is 0 Å². The second-order valence-electron chi connectivity index (χ2n) is 6.05. The second-order valence-corrected chi connectivity index (χ2v) is 7.21. The van der Waals surface area contributed by atoms with Gasteiger partial charge in [-0.15, -0.1) is 10.2 Å². The molecule has 1 aliphatic heterocycles. The molecule has 3 aromatic rings. The molecule has 2 aromatic carbocycles. The third kappa shape index (κ3) is 2.92. The number of hydrogen-bond acceptors (Lipinski definition) is 6. The highest BCUT2D eigenvalue weighted by atomic mass is 32.1. The van der Waals surface area contributed by atoms with Crippen LogP contribution in [0.4, 0.5) is 5.13 Å². The van der Waals surface area contributed by atoms with Crippen molar-refractivity contribution in [2.75, 3.05) is 4.90 Å². The van der Waals surface area contributed by atoms with E-state index >= 15 is 0 Å². The first-order chi connectivity index (χ1) is 13.1. The SMILES string of the molecule is Cc1nnc(N2C(=O)C(=O)C(=C(O)c3ccccc3)[C@H]2c2ccccc2)s1. The summed E-state index contributed by atoms with van der Waals surface area (Å²) < 4.78 is 0. The van der Waals surface area contributed by atoms with Gasteiger partial charge in [-0.25, -0.2) is 0 Å². The van der Waals surface area contributed by atoms with Crippen LogP contribution >= 0.6 is 11.3 Å². The molecule has 0 bridgehead atoms. The normalized spacial score (nSPS) is 18.9. The summed E-state index contributed by atoms with van der Waals surface area (Å²) in [5.41, 5.74) is 1.23. The van der Waals surface area contributed by atoms with Gasteiger partial charge >= 0.3 is 5.91 Å². The quantitative estimate of drug-likeness (QED) is 0.429. The lowest BCUT2D eigenvalue weighted by atomic mass is 9.95. The lowest BCUT2D eigenvalue weighted by Gasteiger charge is -2.22. The van der Waals surface area contributed by atoms with Gasteiger partial charge in [0.25, 0.3) is 5.78 Å². The maximum atomic E-state index is 12.8. The Morgan fingerprint density at radius 3 is 2.22 bits per heavy atom. The number of benzene rings is 2. The Morgan fingerprint density at radius 2 is 1.63 bits per heavy atom. The van der Waals surface area contributed by atoms with Gasteiger partial charge in [0.15, 0.2) is 0 Å². The van der Waals surface area contributed by atoms with Gasteiger partial charge < -0.3 is 5.11 Å². The van der Waals surface area contributed by atoms with Gasteiger partial charge in [-0.3, -0.25) is 14.5 Å². The largest absolute Gasteiger partial charge is 0.507 e. The molecule has 6 nitrogen and oxygen atoms in total. The number of ketones is 1. The summed E-state index contributed by atoms with van der Waals surface area (Å²) in [6, 6.07) is 17.1. The highest BCUT2D eigenvalue weighted by molar-refractivity contribution is 7.15. The molecule has 0 aliphatic carbocycles. The molecule has 1 N–H and O–H groups in total. The molecule has 1 atom stereocenters. The first-order valence-electron chi connectivity index (χ1n) is 8.29. The van der Waals surface area contributed by atoms with Crippen molar-refractivity contribution in [3.8, 4) is 0 Å². The van der Waals surface area contributed by atoms with Crippen LogP contribution in [0, 0.1) is 6.92 Å². The summed E-state index contributed by atoms with van der Waals surface area (Å²) in [6.07, 6.45) is 0. The van der Waals surface area contributed by atoms with E-state index < -0.39 is 17.7 Å². The van der Waals surface area contributed by atoms with Gasteiger partial charge in [0.1, 0.15) is 10.8 Å². The number of aryl methyl sites for hydroxylation is 1. The van der Waals surface area contributed by atoms with E-state index in [1.165, 1.54) is 16.2 Å². The first kappa shape index (κ1) is 17.1. The van der Waals surface area contributed by atoms with Crippen LogP contribution in [0.25, 0.3) is 5.76 Å². The highest BCUT2D eigenvalue weighted by Crippen LogP contribution is 2.42. The number of aliphatic hydroxyl groups is 1. The summed E-state index contributed by atoms with van der Waals surface area (Å²) >= 11 is 1.23. The molecule has 2 heterocycles. The summed E-state index contributed by atoms with van der Waals surface area (Å²) in [6.45, 7) is 1.78. The first-order valence-corrected chi connectivity index (χ1v) is 9.11. The van der Waals surface area contributed by atoms with Gasteiger partial charge in [0.05, 0.1) is 11.6 Å². The Morgan fingerprint density at radius 1 is 1.00 bits per heavy atom. The lowest BCUT2D eigenvalue weighted by Crippen LogP contribution is -2.29. The smallest absolute Gasteiger partial charge is 0.301 e. The van der Waals surface area contributed by atoms with E-state index in [0.29, 0.717) is 21.3 Å². The molecule has 1 fully saturated rings. The zero-order valence-electron chi connectivity index (χ0n) is 14.4. The van der Waals surface area contributed by atoms with E-state index in [1.54, 1.807) is 31.2 Å². The van der Waals surface area contributed by atoms with Crippen LogP contribution in [0.2, 0.25) is 0 Å². The van der Waals surface area contributed by atoms with Gasteiger partial charge in [0.2, 0.25) is 5.13 Å². The molecule has 7 heteroatoms. The molecule has 0 radical (unpaired) electrons. The topological polar surface area (TPSA) is 83.4 Å². The van der Waals surface area contributed by atoms with Crippen molar-refractivity contribution in [1.82, 2.24) is 10.2 Å². The molecule has 4 rings (SSSR count). The van der Waals surface area contributed by atoms with E-state index in [1.807, 2.05) is 36.4 Å². The van der Waals surface area contributed by atoms with Gasteiger partial charge in [0, 0.05) is 5.56 Å². The summed E-state index contributed by atoms with van der Waals surface area (Å²) in [4.78, 5) is 27.0. The minimum atomic E-state index is -0.765. The number of nitrogens with zero attached hydrogens (tertiary/aromatic N) is 3. The number of Topliss-reactive ketones (excluding diaryl/α,β-unsaturated/α-hetero) is 1. The maximum Gasteiger partial charge on any atom is 0.301 e. The lowest BCUT2D eigenvalue weighted by molar-refractivity contribution is -0.132. The van der Waals surface area contributed by atoms with Crippen molar-refractivity contribution in [3.63, 3.8) is 0 Å². The minimum absolute atomic E-state index is 0.0465. The molecule has 0 unspecified atom stereocenters. The average molecular weight is 377 g/mol. The second kappa shape index (κ2) is 6.77. The highest BCUT2D eigenvalue weighted by Gasteiger charge is 2.48. The molecule has 134 valence electrons. The zero-order valence-corrected chi connectivity index (χ0v) is 15.2. The number of carbonyl (C=O) groups is 2. The van der Waals surface area contributed by atoms with E-state index in [-0.39, 0.29) is 11.3 Å². The molecule has 27 heavy (non-hydrogen) atoms. The molecular weight excluding hydrogens is 362 g/mol. The summed E-state index contributed by atoms with van der Waals surface area (Å²) in [5.74, 6) is -1.66. The van der Waals surface area contributed by atoms with Crippen LogP contribution in [-0.4, -0.2) is 27.0 Å². The predicted octanol–water partition coefficient (Wildman–Crippen LogP) is 3.47. The van der Waals surface area contributed by atoms with E-state index in [2.05, 4.69) is 10.2 Å². The maximum absolute atomic E-state index is 12.8. The fourth-order valence-corrected chi connectivity index (χ4v) is 3.83. The number of aliphatic hydroxyl groups excluding tert-OH is 1. The monoisotopic (exact) mass is 377 g/mol. The molecule has 0 saturated carbocycles. The number of amides is 1. The molecule has 1 aliphatic rings. The number of aromatic nitrogens is 2. The number of hydrogen-bond donors (Lipinski definition) is 1. The average Bonchev–Trinajstić information content (AvgIpc) is 3.24. The Bertz CT molecular complexity index is 1040. The predicted molar refractivity (Wildman–Crippen MR) is 102 cm³/mol. The Balaban J connectivity index is 1.94. The number of anilines is 1. The van der Waals surface area contributed by atoms with Crippen LogP contribution in [0.15, 0.2) is 66.2 Å². The molecular formula is C20H15N3O3S. The molecule has 1 amide bonds.